The van der Waals surface area contributed by atoms with Crippen LogP contribution in [0.1, 0.15) is 30.3 Å². The lowest BCUT2D eigenvalue weighted by atomic mass is 10.2. The highest BCUT2D eigenvalue weighted by Gasteiger charge is 2.28. The van der Waals surface area contributed by atoms with E-state index in [1.807, 2.05) is 4.90 Å². The van der Waals surface area contributed by atoms with Crippen molar-refractivity contribution in [2.24, 2.45) is 0 Å². The second-order valence-corrected chi connectivity index (χ2v) is 4.91. The summed E-state index contributed by atoms with van der Waals surface area (Å²) < 4.78 is 7.23. The van der Waals surface area contributed by atoms with E-state index in [0.29, 0.717) is 24.7 Å². The molecule has 0 N–H and O–H groups in total. The standard InChI is InChI=1S/C13H15N7O/c1-9-6-19(13-10(5-14)15-3-4-16-13)7-11-17-18-12(8-21-2)20(9)11/h3-4,9H,6-8H2,1-2H3/t9-/m0/s1. The molecule has 0 aromatic carbocycles. The summed E-state index contributed by atoms with van der Waals surface area (Å²) in [5.41, 5.74) is 0.329. The van der Waals surface area contributed by atoms with Crippen molar-refractivity contribution in [2.75, 3.05) is 18.6 Å². The summed E-state index contributed by atoms with van der Waals surface area (Å²) in [6.45, 7) is 3.79. The third kappa shape index (κ3) is 2.32. The van der Waals surface area contributed by atoms with Gasteiger partial charge in [-0.1, -0.05) is 0 Å². The Hall–Kier alpha value is -2.53. The Morgan fingerprint density at radius 2 is 2.19 bits per heavy atom. The predicted octanol–water partition coefficient (Wildman–Crippen LogP) is 0.667. The first-order valence-electron chi connectivity index (χ1n) is 6.62. The van der Waals surface area contributed by atoms with Crippen molar-refractivity contribution in [3.63, 3.8) is 0 Å². The summed E-state index contributed by atoms with van der Waals surface area (Å²) in [6, 6.07) is 2.25. The van der Waals surface area contributed by atoms with Crippen LogP contribution in [-0.2, 0) is 17.9 Å². The summed E-state index contributed by atoms with van der Waals surface area (Å²) >= 11 is 0. The molecule has 8 nitrogen and oxygen atoms in total. The molecule has 0 fully saturated rings. The first-order valence-corrected chi connectivity index (χ1v) is 6.62. The minimum atomic E-state index is 0.169. The number of methoxy groups -OCH3 is 1. The number of fused-ring (bicyclic) bond motifs is 1. The van der Waals surface area contributed by atoms with E-state index in [0.717, 1.165) is 18.2 Å². The lowest BCUT2D eigenvalue weighted by Gasteiger charge is -2.33. The van der Waals surface area contributed by atoms with Crippen LogP contribution in [0.15, 0.2) is 12.4 Å². The molecule has 0 saturated carbocycles. The largest absolute Gasteiger partial charge is 0.377 e. The zero-order valence-corrected chi connectivity index (χ0v) is 11.9. The monoisotopic (exact) mass is 285 g/mol. The normalized spacial score (nSPS) is 17.4. The van der Waals surface area contributed by atoms with Crippen LogP contribution in [0.2, 0.25) is 0 Å². The third-order valence-corrected chi connectivity index (χ3v) is 3.45. The molecule has 0 bridgehead atoms. The van der Waals surface area contributed by atoms with Gasteiger partial charge in [-0.25, -0.2) is 9.97 Å². The summed E-state index contributed by atoms with van der Waals surface area (Å²) in [4.78, 5) is 10.4. The van der Waals surface area contributed by atoms with Crippen molar-refractivity contribution in [2.45, 2.75) is 26.1 Å². The van der Waals surface area contributed by atoms with Gasteiger partial charge in [0.05, 0.1) is 12.6 Å². The molecule has 0 radical (unpaired) electrons. The van der Waals surface area contributed by atoms with E-state index in [2.05, 4.69) is 37.7 Å². The zero-order chi connectivity index (χ0) is 14.8. The number of rotatable bonds is 3. The van der Waals surface area contributed by atoms with Gasteiger partial charge >= 0.3 is 0 Å². The highest BCUT2D eigenvalue weighted by atomic mass is 16.5. The van der Waals surface area contributed by atoms with Gasteiger partial charge in [0.15, 0.2) is 23.2 Å². The molecule has 0 unspecified atom stereocenters. The SMILES string of the molecule is COCc1nnc2n1[C@@H](C)CN(c1nccnc1C#N)C2. The van der Waals surface area contributed by atoms with E-state index in [1.54, 1.807) is 13.3 Å². The zero-order valence-electron chi connectivity index (χ0n) is 11.9. The molecule has 21 heavy (non-hydrogen) atoms. The molecule has 0 saturated heterocycles. The Balaban J connectivity index is 1.94. The maximum absolute atomic E-state index is 9.16. The Morgan fingerprint density at radius 3 is 2.95 bits per heavy atom. The summed E-state index contributed by atoms with van der Waals surface area (Å²) in [7, 11) is 1.64. The van der Waals surface area contributed by atoms with Crippen molar-refractivity contribution < 1.29 is 4.74 Å². The average molecular weight is 285 g/mol. The fourth-order valence-corrected chi connectivity index (χ4v) is 2.64. The van der Waals surface area contributed by atoms with Crippen LogP contribution in [-0.4, -0.2) is 38.4 Å². The molecule has 0 amide bonds. The van der Waals surface area contributed by atoms with Gasteiger partial charge in [-0.2, -0.15) is 5.26 Å². The summed E-state index contributed by atoms with van der Waals surface area (Å²) in [5, 5.41) is 17.5. The van der Waals surface area contributed by atoms with E-state index in [1.165, 1.54) is 6.20 Å². The van der Waals surface area contributed by atoms with Crippen molar-refractivity contribution in [3.8, 4) is 6.07 Å². The second kappa shape index (κ2) is 5.46. The Bertz CT molecular complexity index is 690. The molecule has 3 heterocycles. The first kappa shape index (κ1) is 13.5. The first-order chi connectivity index (χ1) is 10.2. The topological polar surface area (TPSA) is 92.8 Å². The smallest absolute Gasteiger partial charge is 0.183 e. The maximum Gasteiger partial charge on any atom is 0.183 e. The number of hydrogen-bond acceptors (Lipinski definition) is 7. The predicted molar refractivity (Wildman–Crippen MR) is 73.2 cm³/mol. The van der Waals surface area contributed by atoms with Gasteiger partial charge in [0.2, 0.25) is 0 Å². The second-order valence-electron chi connectivity index (χ2n) is 4.91. The molecule has 8 heteroatoms. The van der Waals surface area contributed by atoms with Crippen LogP contribution in [0.4, 0.5) is 5.82 Å². The van der Waals surface area contributed by atoms with E-state index in [-0.39, 0.29) is 6.04 Å². The van der Waals surface area contributed by atoms with E-state index >= 15 is 0 Å². The molecule has 1 atom stereocenters. The van der Waals surface area contributed by atoms with Gasteiger partial charge in [-0.15, -0.1) is 10.2 Å². The molecule has 0 aliphatic carbocycles. The molecule has 2 aromatic rings. The number of hydrogen-bond donors (Lipinski definition) is 0. The maximum atomic E-state index is 9.16. The van der Waals surface area contributed by atoms with Crippen LogP contribution >= 0.6 is 0 Å². The fourth-order valence-electron chi connectivity index (χ4n) is 2.64. The minimum Gasteiger partial charge on any atom is -0.377 e. The molecule has 3 rings (SSSR count). The fraction of sp³-hybridized carbons (Fsp3) is 0.462. The summed E-state index contributed by atoms with van der Waals surface area (Å²) in [5.74, 6) is 2.25. The Kier molecular flexibility index (Phi) is 3.50. The number of nitriles is 1. The quantitative estimate of drug-likeness (QED) is 0.818. The van der Waals surface area contributed by atoms with Crippen LogP contribution in [0.25, 0.3) is 0 Å². The third-order valence-electron chi connectivity index (χ3n) is 3.45. The Labute approximate surface area is 122 Å². The molecule has 2 aromatic heterocycles. The van der Waals surface area contributed by atoms with Gasteiger partial charge in [0, 0.05) is 26.0 Å². The van der Waals surface area contributed by atoms with Gasteiger partial charge < -0.3 is 14.2 Å². The van der Waals surface area contributed by atoms with Gasteiger partial charge in [0.25, 0.3) is 0 Å². The molecular formula is C13H15N7O. The van der Waals surface area contributed by atoms with E-state index in [9.17, 15) is 0 Å². The highest BCUT2D eigenvalue weighted by molar-refractivity contribution is 5.50. The highest BCUT2D eigenvalue weighted by Crippen LogP contribution is 2.26. The molecular weight excluding hydrogens is 270 g/mol. The molecule has 108 valence electrons. The number of nitrogens with zero attached hydrogens (tertiary/aromatic N) is 7. The van der Waals surface area contributed by atoms with E-state index in [4.69, 9.17) is 10.00 Å². The van der Waals surface area contributed by atoms with Crippen molar-refractivity contribution >= 4 is 5.82 Å². The van der Waals surface area contributed by atoms with Crippen molar-refractivity contribution in [1.82, 2.24) is 24.7 Å². The van der Waals surface area contributed by atoms with Crippen LogP contribution in [0.3, 0.4) is 0 Å². The Morgan fingerprint density at radius 1 is 1.38 bits per heavy atom. The van der Waals surface area contributed by atoms with Crippen molar-refractivity contribution in [1.29, 1.82) is 5.26 Å². The van der Waals surface area contributed by atoms with Gasteiger partial charge in [-0.05, 0) is 6.92 Å². The minimum absolute atomic E-state index is 0.169. The lowest BCUT2D eigenvalue weighted by molar-refractivity contribution is 0.171. The number of anilines is 1. The number of aromatic nitrogens is 5. The summed E-state index contributed by atoms with van der Waals surface area (Å²) in [6.07, 6.45) is 3.12. The van der Waals surface area contributed by atoms with Crippen LogP contribution in [0.5, 0.6) is 0 Å². The van der Waals surface area contributed by atoms with Crippen LogP contribution in [0, 0.1) is 11.3 Å². The number of ether oxygens (including phenoxy) is 1. The average Bonchev–Trinajstić information content (AvgIpc) is 2.91. The lowest BCUT2D eigenvalue weighted by Crippen LogP contribution is -2.38. The molecule has 1 aliphatic heterocycles. The van der Waals surface area contributed by atoms with E-state index < -0.39 is 0 Å². The molecule has 1 aliphatic rings. The van der Waals surface area contributed by atoms with Crippen molar-refractivity contribution in [3.05, 3.63) is 29.7 Å². The van der Waals surface area contributed by atoms with Gasteiger partial charge in [0.1, 0.15) is 12.7 Å². The van der Waals surface area contributed by atoms with Crippen LogP contribution < -0.4 is 4.90 Å². The molecule has 0 spiro atoms. The van der Waals surface area contributed by atoms with Gasteiger partial charge in [-0.3, -0.25) is 0 Å².